The maximum atomic E-state index is 13.3. The minimum atomic E-state index is -3.42. The van der Waals surface area contributed by atoms with Crippen molar-refractivity contribution < 1.29 is 42.6 Å². The number of carboxylic acid groups (broad SMARTS) is 2. The molecule has 0 saturated carbocycles. The lowest BCUT2D eigenvalue weighted by molar-refractivity contribution is -0.148. The molecule has 4 N–H and O–H groups in total. The first-order chi connectivity index (χ1) is 20.5. The van der Waals surface area contributed by atoms with Crippen LogP contribution in [0, 0.1) is 0 Å². The van der Waals surface area contributed by atoms with Gasteiger partial charge in [-0.05, 0) is 59.4 Å². The maximum Gasteiger partial charge on any atom is 0.395 e. The topological polar surface area (TPSA) is 192 Å². The van der Waals surface area contributed by atoms with Crippen molar-refractivity contribution in [2.75, 3.05) is 11.2 Å². The van der Waals surface area contributed by atoms with Gasteiger partial charge < -0.3 is 15.9 Å². The molecule has 0 aliphatic heterocycles. The summed E-state index contributed by atoms with van der Waals surface area (Å²) in [5, 5.41) is 19.3. The number of imide groups is 1. The lowest BCUT2D eigenvalue weighted by atomic mass is 9.94. The average molecular weight is 624 g/mol. The molecule has 3 rings (SSSR count). The molecule has 13 heteroatoms. The quantitative estimate of drug-likeness (QED) is 0.283. The van der Waals surface area contributed by atoms with Crippen molar-refractivity contribution in [1.82, 2.24) is 4.90 Å². The van der Waals surface area contributed by atoms with Crippen LogP contribution in [0.5, 0.6) is 0 Å². The molecule has 0 saturated heterocycles. The van der Waals surface area contributed by atoms with E-state index in [2.05, 4.69) is 0 Å². The SMILES string of the molecule is CC(=O)N(Cc1ccc(S(C)(=O)=O)cc1)C(=O)[C@@H](N)Cc1ccc(N(C(=O)C(=O)O)c2ccccc2C(=O)O)c(C(C)C)c1. The summed E-state index contributed by atoms with van der Waals surface area (Å²) in [5.74, 6) is -6.00. The molecule has 12 nitrogen and oxygen atoms in total. The molecule has 0 unspecified atom stereocenters. The van der Waals surface area contributed by atoms with Crippen molar-refractivity contribution in [3.8, 4) is 0 Å². The summed E-state index contributed by atoms with van der Waals surface area (Å²) < 4.78 is 23.5. The van der Waals surface area contributed by atoms with Crippen LogP contribution in [0.3, 0.4) is 0 Å². The minimum Gasteiger partial charge on any atom is -0.478 e. The first kappa shape index (κ1) is 33.6. The Balaban J connectivity index is 1.95. The number of sulfone groups is 1. The predicted molar refractivity (Wildman–Crippen MR) is 161 cm³/mol. The van der Waals surface area contributed by atoms with Crippen LogP contribution in [0.1, 0.15) is 53.7 Å². The summed E-state index contributed by atoms with van der Waals surface area (Å²) in [7, 11) is -3.42. The number of carbonyl (C=O) groups excluding carboxylic acids is 3. The highest BCUT2D eigenvalue weighted by Gasteiger charge is 2.31. The van der Waals surface area contributed by atoms with Gasteiger partial charge in [0.05, 0.1) is 34.4 Å². The fourth-order valence-electron chi connectivity index (χ4n) is 4.60. The van der Waals surface area contributed by atoms with Gasteiger partial charge in [0, 0.05) is 13.2 Å². The van der Waals surface area contributed by atoms with Crippen molar-refractivity contribution in [3.05, 3.63) is 89.0 Å². The highest BCUT2D eigenvalue weighted by Crippen LogP contribution is 2.36. The summed E-state index contributed by atoms with van der Waals surface area (Å²) in [5.41, 5.74) is 7.55. The van der Waals surface area contributed by atoms with Gasteiger partial charge in [-0.1, -0.05) is 50.2 Å². The molecule has 0 fully saturated rings. The molecule has 0 bridgehead atoms. The molecule has 0 aliphatic carbocycles. The molecule has 3 amide bonds. The standard InChI is InChI=1S/C31H33N3O9S/c1-18(2)24-15-21(11-14-27(24)34(29(37)31(40)41)26-8-6-5-7-23(26)30(38)39)16-25(32)28(36)33(19(3)35)17-20-9-12-22(13-10-20)44(4,42)43/h5-15,18,25H,16-17,32H2,1-4H3,(H,38,39)(H,40,41)/t25-/m0/s1. The van der Waals surface area contributed by atoms with Gasteiger partial charge in [-0.3, -0.25) is 24.2 Å². The number of carboxylic acids is 2. The number of nitrogens with zero attached hydrogens (tertiary/aromatic N) is 2. The molecular weight excluding hydrogens is 590 g/mol. The summed E-state index contributed by atoms with van der Waals surface area (Å²) >= 11 is 0. The van der Waals surface area contributed by atoms with Crippen LogP contribution >= 0.6 is 0 Å². The largest absolute Gasteiger partial charge is 0.478 e. The van der Waals surface area contributed by atoms with E-state index in [0.717, 1.165) is 16.1 Å². The summed E-state index contributed by atoms with van der Waals surface area (Å²) in [6.07, 6.45) is 1.05. The Morgan fingerprint density at radius 2 is 1.45 bits per heavy atom. The van der Waals surface area contributed by atoms with Crippen molar-refractivity contribution >= 4 is 50.9 Å². The summed E-state index contributed by atoms with van der Waals surface area (Å²) in [6, 6.07) is 14.8. The van der Waals surface area contributed by atoms with Crippen LogP contribution in [0.15, 0.2) is 71.6 Å². The Bertz CT molecular complexity index is 1720. The zero-order valence-corrected chi connectivity index (χ0v) is 25.4. The van der Waals surface area contributed by atoms with Gasteiger partial charge in [-0.15, -0.1) is 0 Å². The lowest BCUT2D eigenvalue weighted by Crippen LogP contribution is -2.46. The molecule has 3 aromatic carbocycles. The second kappa shape index (κ2) is 13.6. The average Bonchev–Trinajstić information content (AvgIpc) is 2.95. The van der Waals surface area contributed by atoms with E-state index in [9.17, 15) is 42.6 Å². The monoisotopic (exact) mass is 623 g/mol. The Kier molecular flexibility index (Phi) is 10.4. The molecule has 0 aliphatic rings. The van der Waals surface area contributed by atoms with Gasteiger partial charge in [0.2, 0.25) is 11.8 Å². The number of rotatable bonds is 10. The van der Waals surface area contributed by atoms with Crippen molar-refractivity contribution in [2.45, 2.75) is 50.6 Å². The number of hydrogen-bond acceptors (Lipinski definition) is 8. The third-order valence-electron chi connectivity index (χ3n) is 6.83. The molecule has 0 spiro atoms. The normalized spacial score (nSPS) is 12.0. The number of nitrogens with two attached hydrogens (primary N) is 1. The number of aliphatic carboxylic acids is 1. The molecular formula is C31H33N3O9S. The molecule has 0 aromatic heterocycles. The maximum absolute atomic E-state index is 13.3. The minimum absolute atomic E-state index is 0.0196. The first-order valence-electron chi connectivity index (χ1n) is 13.4. The van der Waals surface area contributed by atoms with E-state index >= 15 is 0 Å². The molecule has 0 radical (unpaired) electrons. The van der Waals surface area contributed by atoms with Crippen molar-refractivity contribution in [3.63, 3.8) is 0 Å². The van der Waals surface area contributed by atoms with Crippen LogP contribution in [0.4, 0.5) is 11.4 Å². The highest BCUT2D eigenvalue weighted by molar-refractivity contribution is 7.90. The van der Waals surface area contributed by atoms with Gasteiger partial charge in [0.15, 0.2) is 9.84 Å². The third kappa shape index (κ3) is 7.74. The number of anilines is 2. The van der Waals surface area contributed by atoms with Crippen LogP contribution < -0.4 is 10.6 Å². The van der Waals surface area contributed by atoms with E-state index < -0.39 is 45.5 Å². The van der Waals surface area contributed by atoms with Gasteiger partial charge in [0.1, 0.15) is 0 Å². The number of carbonyl (C=O) groups is 5. The van der Waals surface area contributed by atoms with Gasteiger partial charge in [0.25, 0.3) is 0 Å². The van der Waals surface area contributed by atoms with E-state index in [1.165, 1.54) is 61.5 Å². The van der Waals surface area contributed by atoms with E-state index in [1.807, 2.05) is 0 Å². The van der Waals surface area contributed by atoms with Gasteiger partial charge >= 0.3 is 17.8 Å². The van der Waals surface area contributed by atoms with Gasteiger partial charge in [-0.2, -0.15) is 0 Å². The Morgan fingerprint density at radius 3 is 1.98 bits per heavy atom. The molecule has 232 valence electrons. The number of benzene rings is 3. The van der Waals surface area contributed by atoms with Crippen molar-refractivity contribution in [1.29, 1.82) is 0 Å². The van der Waals surface area contributed by atoms with E-state index in [1.54, 1.807) is 26.0 Å². The zero-order valence-electron chi connectivity index (χ0n) is 24.6. The molecule has 1 atom stereocenters. The zero-order chi connectivity index (χ0) is 32.9. The molecule has 3 aromatic rings. The van der Waals surface area contributed by atoms with Crippen LogP contribution in [0.25, 0.3) is 0 Å². The Labute approximate surface area is 254 Å². The third-order valence-corrected chi connectivity index (χ3v) is 7.96. The molecule has 44 heavy (non-hydrogen) atoms. The fourth-order valence-corrected chi connectivity index (χ4v) is 5.23. The Morgan fingerprint density at radius 1 is 0.864 bits per heavy atom. The highest BCUT2D eigenvalue weighted by atomic mass is 32.2. The fraction of sp³-hybridized carbons (Fsp3) is 0.258. The summed E-state index contributed by atoms with van der Waals surface area (Å²) in [6.45, 7) is 4.68. The Hall–Kier alpha value is -4.88. The second-order valence-corrected chi connectivity index (χ2v) is 12.5. The van der Waals surface area contributed by atoms with Crippen molar-refractivity contribution in [2.24, 2.45) is 5.73 Å². The van der Waals surface area contributed by atoms with Crippen LogP contribution in [-0.4, -0.2) is 65.5 Å². The summed E-state index contributed by atoms with van der Waals surface area (Å²) in [4.78, 5) is 64.2. The van der Waals surface area contributed by atoms with E-state index in [0.29, 0.717) is 16.7 Å². The second-order valence-electron chi connectivity index (χ2n) is 10.5. The van der Waals surface area contributed by atoms with E-state index in [4.69, 9.17) is 5.73 Å². The van der Waals surface area contributed by atoms with Crippen LogP contribution in [-0.2, 0) is 42.0 Å². The number of hydrogen-bond donors (Lipinski definition) is 3. The van der Waals surface area contributed by atoms with Gasteiger partial charge in [-0.25, -0.2) is 18.0 Å². The number of aromatic carboxylic acids is 1. The van der Waals surface area contributed by atoms with Crippen LogP contribution in [0.2, 0.25) is 0 Å². The smallest absolute Gasteiger partial charge is 0.395 e. The molecule has 0 heterocycles. The first-order valence-corrected chi connectivity index (χ1v) is 15.3. The van der Waals surface area contributed by atoms with E-state index in [-0.39, 0.29) is 40.7 Å². The number of para-hydroxylation sites is 1. The number of amides is 3. The lowest BCUT2D eigenvalue weighted by Gasteiger charge is -2.27. The predicted octanol–water partition coefficient (Wildman–Crippen LogP) is 3.11.